The Kier molecular flexibility index (Phi) is 3.98. The highest BCUT2D eigenvalue weighted by atomic mass is 32.1. The number of hydrogen-bond donors (Lipinski definition) is 1. The first-order valence-corrected chi connectivity index (χ1v) is 6.29. The van der Waals surface area contributed by atoms with Gasteiger partial charge in [-0.1, -0.05) is 10.6 Å². The number of nitrogens with zero attached hydrogens (tertiary/aromatic N) is 2. The molecule has 1 atom stereocenters. The number of nitrogens with one attached hydrogen (secondary N) is 1. The third-order valence-electron chi connectivity index (χ3n) is 2.78. The highest BCUT2D eigenvalue weighted by molar-refractivity contribution is 7.05. The summed E-state index contributed by atoms with van der Waals surface area (Å²) < 4.78 is 29.9. The lowest BCUT2D eigenvalue weighted by Crippen LogP contribution is -2.18. The smallest absolute Gasteiger partial charge is 0.159 e. The molecular weight excluding hydrogens is 256 g/mol. The van der Waals surface area contributed by atoms with Crippen molar-refractivity contribution in [3.63, 3.8) is 0 Å². The van der Waals surface area contributed by atoms with Gasteiger partial charge in [0.15, 0.2) is 11.6 Å². The molecule has 2 aromatic rings. The second-order valence-corrected chi connectivity index (χ2v) is 4.80. The molecule has 18 heavy (non-hydrogen) atoms. The van der Waals surface area contributed by atoms with Crippen molar-refractivity contribution in [2.24, 2.45) is 0 Å². The Morgan fingerprint density at radius 1 is 1.33 bits per heavy atom. The van der Waals surface area contributed by atoms with E-state index in [9.17, 15) is 8.78 Å². The molecule has 0 bridgehead atoms. The summed E-state index contributed by atoms with van der Waals surface area (Å²) in [5, 5.41) is 7.10. The first kappa shape index (κ1) is 13.0. The summed E-state index contributed by atoms with van der Waals surface area (Å²) in [6.45, 7) is 1.88. The fourth-order valence-electron chi connectivity index (χ4n) is 1.78. The zero-order chi connectivity index (χ0) is 13.1. The Morgan fingerprint density at radius 2 is 2.11 bits per heavy atom. The second kappa shape index (κ2) is 5.49. The van der Waals surface area contributed by atoms with Crippen LogP contribution in [0, 0.1) is 18.6 Å². The third kappa shape index (κ3) is 2.70. The molecule has 3 nitrogen and oxygen atoms in total. The van der Waals surface area contributed by atoms with E-state index >= 15 is 0 Å². The van der Waals surface area contributed by atoms with Crippen LogP contribution in [0.3, 0.4) is 0 Å². The minimum atomic E-state index is -0.824. The summed E-state index contributed by atoms with van der Waals surface area (Å²) >= 11 is 1.32. The molecule has 0 amide bonds. The van der Waals surface area contributed by atoms with Gasteiger partial charge in [-0.25, -0.2) is 8.78 Å². The van der Waals surface area contributed by atoms with Crippen molar-refractivity contribution in [1.29, 1.82) is 0 Å². The number of rotatable bonds is 4. The third-order valence-corrected chi connectivity index (χ3v) is 3.72. The number of aryl methyl sites for hydroxylation is 1. The summed E-state index contributed by atoms with van der Waals surface area (Å²) in [7, 11) is 1.82. The van der Waals surface area contributed by atoms with Gasteiger partial charge in [-0.3, -0.25) is 0 Å². The zero-order valence-corrected chi connectivity index (χ0v) is 10.9. The van der Waals surface area contributed by atoms with Gasteiger partial charge in [-0.2, -0.15) is 0 Å². The van der Waals surface area contributed by atoms with Crippen molar-refractivity contribution in [1.82, 2.24) is 14.9 Å². The highest BCUT2D eigenvalue weighted by Crippen LogP contribution is 2.23. The first-order valence-electron chi connectivity index (χ1n) is 5.52. The zero-order valence-electron chi connectivity index (χ0n) is 10.1. The van der Waals surface area contributed by atoms with E-state index in [4.69, 9.17) is 0 Å². The predicted molar refractivity (Wildman–Crippen MR) is 66.5 cm³/mol. The van der Waals surface area contributed by atoms with Crippen molar-refractivity contribution < 1.29 is 8.78 Å². The fourth-order valence-corrected chi connectivity index (χ4v) is 2.54. The van der Waals surface area contributed by atoms with Crippen LogP contribution in [0.2, 0.25) is 0 Å². The standard InChI is InChI=1S/C12H13F2N3S/c1-7-12(18-17-16-7)11(15-2)6-8-3-4-9(13)10(14)5-8/h3-5,11,15H,6H2,1-2H3. The van der Waals surface area contributed by atoms with E-state index < -0.39 is 11.6 Å². The van der Waals surface area contributed by atoms with Crippen molar-refractivity contribution in [3.05, 3.63) is 46.0 Å². The van der Waals surface area contributed by atoms with Crippen molar-refractivity contribution >= 4 is 11.5 Å². The molecule has 0 aliphatic heterocycles. The minimum absolute atomic E-state index is 0.00913. The van der Waals surface area contributed by atoms with Crippen LogP contribution in [-0.4, -0.2) is 16.6 Å². The Balaban J connectivity index is 2.20. The number of halogens is 2. The molecule has 0 fully saturated rings. The van der Waals surface area contributed by atoms with E-state index in [0.29, 0.717) is 6.42 Å². The molecule has 0 saturated heterocycles. The lowest BCUT2D eigenvalue weighted by molar-refractivity contribution is 0.504. The molecule has 2 rings (SSSR count). The van der Waals surface area contributed by atoms with Crippen molar-refractivity contribution in [2.75, 3.05) is 7.05 Å². The maximum Gasteiger partial charge on any atom is 0.159 e. The fraction of sp³-hybridized carbons (Fsp3) is 0.333. The van der Waals surface area contributed by atoms with Gasteiger partial charge in [-0.05, 0) is 49.6 Å². The van der Waals surface area contributed by atoms with Crippen molar-refractivity contribution in [3.8, 4) is 0 Å². The van der Waals surface area contributed by atoms with E-state index in [0.717, 1.165) is 22.2 Å². The minimum Gasteiger partial charge on any atom is -0.312 e. The molecule has 0 aliphatic rings. The van der Waals surface area contributed by atoms with E-state index in [-0.39, 0.29) is 6.04 Å². The molecular formula is C12H13F2N3S. The summed E-state index contributed by atoms with van der Waals surface area (Å²) in [6.07, 6.45) is 0.568. The average Bonchev–Trinajstić information content (AvgIpc) is 2.77. The number of aromatic nitrogens is 2. The van der Waals surface area contributed by atoms with Gasteiger partial charge < -0.3 is 5.32 Å². The largest absolute Gasteiger partial charge is 0.312 e. The summed E-state index contributed by atoms with van der Waals surface area (Å²) in [5.74, 6) is -1.64. The average molecular weight is 269 g/mol. The van der Waals surface area contributed by atoms with E-state index in [1.807, 2.05) is 14.0 Å². The number of benzene rings is 1. The van der Waals surface area contributed by atoms with E-state index in [1.165, 1.54) is 17.6 Å². The number of hydrogen-bond acceptors (Lipinski definition) is 4. The summed E-state index contributed by atoms with van der Waals surface area (Å²) in [5.41, 5.74) is 1.60. The molecule has 1 aromatic heterocycles. The van der Waals surface area contributed by atoms with Crippen LogP contribution in [0.5, 0.6) is 0 Å². The van der Waals surface area contributed by atoms with Crippen LogP contribution in [0.1, 0.15) is 22.2 Å². The highest BCUT2D eigenvalue weighted by Gasteiger charge is 2.16. The van der Waals surface area contributed by atoms with Crippen LogP contribution < -0.4 is 5.32 Å². The van der Waals surface area contributed by atoms with Crippen LogP contribution in [0.25, 0.3) is 0 Å². The monoisotopic (exact) mass is 269 g/mol. The van der Waals surface area contributed by atoms with E-state index in [1.54, 1.807) is 6.07 Å². The molecule has 0 aliphatic carbocycles. The molecule has 0 spiro atoms. The first-order chi connectivity index (χ1) is 8.61. The second-order valence-electron chi connectivity index (χ2n) is 4.02. The molecule has 6 heteroatoms. The normalized spacial score (nSPS) is 12.7. The van der Waals surface area contributed by atoms with Crippen LogP contribution in [-0.2, 0) is 6.42 Å². The molecule has 96 valence electrons. The van der Waals surface area contributed by atoms with Crippen molar-refractivity contribution in [2.45, 2.75) is 19.4 Å². The van der Waals surface area contributed by atoms with Crippen LogP contribution >= 0.6 is 11.5 Å². The van der Waals surface area contributed by atoms with Gasteiger partial charge in [0.1, 0.15) is 0 Å². The predicted octanol–water partition coefficient (Wildman–Crippen LogP) is 2.63. The Hall–Kier alpha value is -1.40. The summed E-state index contributed by atoms with van der Waals surface area (Å²) in [4.78, 5) is 1.02. The van der Waals surface area contributed by atoms with E-state index in [2.05, 4.69) is 14.9 Å². The molecule has 0 radical (unpaired) electrons. The van der Waals surface area contributed by atoms with Gasteiger partial charge in [0, 0.05) is 6.04 Å². The topological polar surface area (TPSA) is 37.8 Å². The Morgan fingerprint density at radius 3 is 2.67 bits per heavy atom. The van der Waals surface area contributed by atoms with Gasteiger partial charge >= 0.3 is 0 Å². The van der Waals surface area contributed by atoms with Crippen LogP contribution in [0.15, 0.2) is 18.2 Å². The lowest BCUT2D eigenvalue weighted by atomic mass is 10.0. The summed E-state index contributed by atoms with van der Waals surface area (Å²) in [6, 6.07) is 3.97. The lowest BCUT2D eigenvalue weighted by Gasteiger charge is -2.14. The van der Waals surface area contributed by atoms with Gasteiger partial charge in [-0.15, -0.1) is 5.10 Å². The van der Waals surface area contributed by atoms with Gasteiger partial charge in [0.2, 0.25) is 0 Å². The quantitative estimate of drug-likeness (QED) is 0.927. The van der Waals surface area contributed by atoms with Gasteiger partial charge in [0.05, 0.1) is 10.6 Å². The molecule has 0 saturated carbocycles. The molecule has 1 aromatic carbocycles. The molecule has 1 N–H and O–H groups in total. The SMILES string of the molecule is CNC(Cc1ccc(F)c(F)c1)c1snnc1C. The maximum atomic E-state index is 13.1. The molecule has 1 unspecified atom stereocenters. The Labute approximate surface area is 108 Å². The maximum absolute atomic E-state index is 13.1. The van der Waals surface area contributed by atoms with Crippen LogP contribution in [0.4, 0.5) is 8.78 Å². The Bertz CT molecular complexity index is 542. The number of likely N-dealkylation sites (N-methyl/N-ethyl adjacent to an activating group) is 1. The molecule has 1 heterocycles. The van der Waals surface area contributed by atoms with Gasteiger partial charge in [0.25, 0.3) is 0 Å².